The molecule has 0 aliphatic heterocycles. The van der Waals surface area contributed by atoms with Crippen LogP contribution in [-0.4, -0.2) is 29.6 Å². The smallest absolute Gasteiger partial charge is 0.326 e. The Bertz CT molecular complexity index is 400. The van der Waals surface area contributed by atoms with Crippen LogP contribution in [-0.2, 0) is 16.0 Å². The maximum atomic E-state index is 10.9. The van der Waals surface area contributed by atoms with Gasteiger partial charge in [0.25, 0.3) is 0 Å². The molecule has 0 saturated heterocycles. The number of aliphatic carboxylic acids is 1. The van der Waals surface area contributed by atoms with Gasteiger partial charge in [-0.3, -0.25) is 4.79 Å². The van der Waals surface area contributed by atoms with E-state index in [1.54, 1.807) is 24.3 Å². The van der Waals surface area contributed by atoms with Crippen LogP contribution < -0.4 is 10.1 Å². The molecule has 2 N–H and O–H groups in total. The lowest BCUT2D eigenvalue weighted by molar-refractivity contribution is -0.140. The van der Waals surface area contributed by atoms with Crippen LogP contribution in [0.25, 0.3) is 0 Å². The zero-order valence-corrected chi connectivity index (χ0v) is 10.4. The second kappa shape index (κ2) is 6.64. The predicted molar refractivity (Wildman–Crippen MR) is 66.5 cm³/mol. The van der Waals surface area contributed by atoms with Crippen molar-refractivity contribution in [1.29, 1.82) is 0 Å². The fourth-order valence-electron chi connectivity index (χ4n) is 1.51. The second-order valence-corrected chi connectivity index (χ2v) is 4.19. The van der Waals surface area contributed by atoms with Crippen LogP contribution in [0.2, 0.25) is 0 Å². The molecule has 18 heavy (non-hydrogen) atoms. The van der Waals surface area contributed by atoms with Gasteiger partial charge in [0.1, 0.15) is 11.8 Å². The first-order chi connectivity index (χ1) is 8.52. The molecule has 1 atom stereocenters. The third-order valence-corrected chi connectivity index (χ3v) is 2.30. The number of carboxylic acids is 1. The summed E-state index contributed by atoms with van der Waals surface area (Å²) in [6, 6.07) is 6.25. The molecular weight excluding hydrogens is 234 g/mol. The number of nitrogens with one attached hydrogen (secondary N) is 1. The minimum Gasteiger partial charge on any atom is -0.491 e. The standard InChI is InChI=1S/C13H17NO4/c1-9(2)18-11-5-3-10(4-6-11)7-12(13(16)17)14-8-15/h3-6,8-9,12H,7H2,1-2H3,(H,14,15)(H,16,17)/t12-/m0/s1. The predicted octanol–water partition coefficient (Wildman–Crippen LogP) is 1.22. The summed E-state index contributed by atoms with van der Waals surface area (Å²) < 4.78 is 5.48. The summed E-state index contributed by atoms with van der Waals surface area (Å²) >= 11 is 0. The monoisotopic (exact) mass is 251 g/mol. The lowest BCUT2D eigenvalue weighted by atomic mass is 10.1. The van der Waals surface area contributed by atoms with Gasteiger partial charge in [-0.2, -0.15) is 0 Å². The van der Waals surface area contributed by atoms with Gasteiger partial charge in [0.15, 0.2) is 0 Å². The number of rotatable bonds is 7. The Labute approximate surface area is 106 Å². The fraction of sp³-hybridized carbons (Fsp3) is 0.385. The highest BCUT2D eigenvalue weighted by Crippen LogP contribution is 2.14. The lowest BCUT2D eigenvalue weighted by Crippen LogP contribution is -2.37. The van der Waals surface area contributed by atoms with E-state index in [-0.39, 0.29) is 12.5 Å². The highest BCUT2D eigenvalue weighted by atomic mass is 16.5. The summed E-state index contributed by atoms with van der Waals surface area (Å²) in [5.41, 5.74) is 0.827. The van der Waals surface area contributed by atoms with Gasteiger partial charge in [-0.25, -0.2) is 4.79 Å². The maximum absolute atomic E-state index is 10.9. The summed E-state index contributed by atoms with van der Waals surface area (Å²) in [4.78, 5) is 21.2. The van der Waals surface area contributed by atoms with Crippen molar-refractivity contribution in [3.63, 3.8) is 0 Å². The molecule has 0 aromatic heterocycles. The Morgan fingerprint density at radius 3 is 2.44 bits per heavy atom. The molecule has 0 radical (unpaired) electrons. The molecule has 5 heteroatoms. The van der Waals surface area contributed by atoms with Crippen molar-refractivity contribution in [1.82, 2.24) is 5.32 Å². The number of amides is 1. The molecule has 0 spiro atoms. The Balaban J connectivity index is 2.66. The quantitative estimate of drug-likeness (QED) is 0.714. The van der Waals surface area contributed by atoms with Gasteiger partial charge in [0, 0.05) is 6.42 Å². The van der Waals surface area contributed by atoms with Crippen LogP contribution in [0, 0.1) is 0 Å². The zero-order chi connectivity index (χ0) is 13.5. The molecule has 0 unspecified atom stereocenters. The lowest BCUT2D eigenvalue weighted by Gasteiger charge is -2.13. The van der Waals surface area contributed by atoms with E-state index in [0.29, 0.717) is 6.41 Å². The topological polar surface area (TPSA) is 75.6 Å². The molecule has 0 saturated carbocycles. The van der Waals surface area contributed by atoms with Gasteiger partial charge >= 0.3 is 5.97 Å². The van der Waals surface area contributed by atoms with Crippen molar-refractivity contribution < 1.29 is 19.4 Å². The van der Waals surface area contributed by atoms with Gasteiger partial charge in [-0.05, 0) is 31.5 Å². The maximum Gasteiger partial charge on any atom is 0.326 e. The number of hydrogen-bond donors (Lipinski definition) is 2. The van der Waals surface area contributed by atoms with Crippen LogP contribution in [0.15, 0.2) is 24.3 Å². The first-order valence-electron chi connectivity index (χ1n) is 5.71. The number of ether oxygens (including phenoxy) is 1. The highest BCUT2D eigenvalue weighted by Gasteiger charge is 2.16. The molecule has 1 amide bonds. The molecule has 1 aromatic carbocycles. The summed E-state index contributed by atoms with van der Waals surface area (Å²) in [6.45, 7) is 3.87. The average molecular weight is 251 g/mol. The van der Waals surface area contributed by atoms with E-state index in [1.807, 2.05) is 13.8 Å². The van der Waals surface area contributed by atoms with Crippen LogP contribution in [0.4, 0.5) is 0 Å². The highest BCUT2D eigenvalue weighted by molar-refractivity contribution is 5.76. The fourth-order valence-corrected chi connectivity index (χ4v) is 1.51. The SMILES string of the molecule is CC(C)Oc1ccc(C[C@H](NC=O)C(=O)O)cc1. The average Bonchev–Trinajstić information content (AvgIpc) is 2.30. The minimum absolute atomic E-state index is 0.0966. The first-order valence-corrected chi connectivity index (χ1v) is 5.71. The summed E-state index contributed by atoms with van der Waals surface area (Å²) in [6.07, 6.45) is 0.741. The van der Waals surface area contributed by atoms with E-state index in [0.717, 1.165) is 11.3 Å². The molecule has 0 bridgehead atoms. The number of carbonyl (C=O) groups is 2. The van der Waals surface area contributed by atoms with E-state index < -0.39 is 12.0 Å². The molecule has 0 fully saturated rings. The number of carbonyl (C=O) groups excluding carboxylic acids is 1. The van der Waals surface area contributed by atoms with Crippen molar-refractivity contribution in [2.45, 2.75) is 32.4 Å². The molecule has 0 aliphatic rings. The Morgan fingerprint density at radius 1 is 1.39 bits per heavy atom. The Morgan fingerprint density at radius 2 is 2.00 bits per heavy atom. The third kappa shape index (κ3) is 4.45. The molecule has 5 nitrogen and oxygen atoms in total. The molecule has 1 rings (SSSR count). The van der Waals surface area contributed by atoms with Gasteiger partial charge in [-0.15, -0.1) is 0 Å². The van der Waals surface area contributed by atoms with Crippen molar-refractivity contribution in [3.8, 4) is 5.75 Å². The van der Waals surface area contributed by atoms with Gasteiger partial charge in [0.2, 0.25) is 6.41 Å². The second-order valence-electron chi connectivity index (χ2n) is 4.19. The van der Waals surface area contributed by atoms with Crippen molar-refractivity contribution in [2.75, 3.05) is 0 Å². The van der Waals surface area contributed by atoms with E-state index >= 15 is 0 Å². The van der Waals surface area contributed by atoms with Gasteiger partial charge < -0.3 is 15.2 Å². The van der Waals surface area contributed by atoms with Crippen molar-refractivity contribution in [3.05, 3.63) is 29.8 Å². The summed E-state index contributed by atoms with van der Waals surface area (Å²) in [5, 5.41) is 11.2. The van der Waals surface area contributed by atoms with E-state index in [1.165, 1.54) is 0 Å². The molecule has 98 valence electrons. The molecule has 1 aromatic rings. The van der Waals surface area contributed by atoms with Crippen molar-refractivity contribution in [2.24, 2.45) is 0 Å². The Hall–Kier alpha value is -2.04. The van der Waals surface area contributed by atoms with Crippen LogP contribution in [0.1, 0.15) is 19.4 Å². The molecule has 0 heterocycles. The number of hydrogen-bond acceptors (Lipinski definition) is 3. The number of benzene rings is 1. The summed E-state index contributed by atoms with van der Waals surface area (Å²) in [5.74, 6) is -0.312. The van der Waals surface area contributed by atoms with E-state index in [2.05, 4.69) is 5.32 Å². The summed E-state index contributed by atoms with van der Waals surface area (Å²) in [7, 11) is 0. The van der Waals surface area contributed by atoms with Gasteiger partial charge in [0.05, 0.1) is 6.10 Å². The molecule has 0 aliphatic carbocycles. The third-order valence-electron chi connectivity index (χ3n) is 2.30. The first kappa shape index (κ1) is 14.0. The van der Waals surface area contributed by atoms with Crippen LogP contribution in [0.5, 0.6) is 5.75 Å². The Kier molecular flexibility index (Phi) is 5.17. The van der Waals surface area contributed by atoms with Gasteiger partial charge in [-0.1, -0.05) is 12.1 Å². The minimum atomic E-state index is -1.05. The van der Waals surface area contributed by atoms with Crippen LogP contribution in [0.3, 0.4) is 0 Å². The van der Waals surface area contributed by atoms with E-state index in [4.69, 9.17) is 9.84 Å². The van der Waals surface area contributed by atoms with E-state index in [9.17, 15) is 9.59 Å². The largest absolute Gasteiger partial charge is 0.491 e. The molecular formula is C13H17NO4. The zero-order valence-electron chi connectivity index (χ0n) is 10.4. The van der Waals surface area contributed by atoms with Crippen molar-refractivity contribution >= 4 is 12.4 Å². The van der Waals surface area contributed by atoms with Crippen LogP contribution >= 0.6 is 0 Å². The normalized spacial score (nSPS) is 11.9. The number of carboxylic acid groups (broad SMARTS) is 1.